The van der Waals surface area contributed by atoms with E-state index >= 15 is 0 Å². The minimum absolute atomic E-state index is 0.743. The lowest BCUT2D eigenvalue weighted by Crippen LogP contribution is -2.33. The van der Waals surface area contributed by atoms with Gasteiger partial charge in [0.2, 0.25) is 0 Å². The van der Waals surface area contributed by atoms with Crippen LogP contribution in [0.4, 0.5) is 0 Å². The van der Waals surface area contributed by atoms with Crippen LogP contribution in [-0.2, 0) is 4.74 Å². The van der Waals surface area contributed by atoms with Gasteiger partial charge in [0.15, 0.2) is 0 Å². The van der Waals surface area contributed by atoms with Crippen LogP contribution in [0.5, 0.6) is 0 Å². The second kappa shape index (κ2) is 5.28. The summed E-state index contributed by atoms with van der Waals surface area (Å²) in [6, 6.07) is 0. The SMILES string of the molecule is COCCNCCNCC1(C2CC2)CC1. The van der Waals surface area contributed by atoms with Gasteiger partial charge in [0.1, 0.15) is 0 Å². The molecule has 0 spiro atoms. The summed E-state index contributed by atoms with van der Waals surface area (Å²) in [5.41, 5.74) is 0.743. The number of hydrogen-bond acceptors (Lipinski definition) is 3. The molecule has 3 heteroatoms. The van der Waals surface area contributed by atoms with E-state index in [2.05, 4.69) is 10.6 Å². The molecule has 15 heavy (non-hydrogen) atoms. The normalized spacial score (nSPS) is 23.0. The summed E-state index contributed by atoms with van der Waals surface area (Å²) in [6.45, 7) is 5.18. The van der Waals surface area contributed by atoms with Gasteiger partial charge in [-0.2, -0.15) is 0 Å². The molecule has 0 bridgehead atoms. The van der Waals surface area contributed by atoms with Crippen LogP contribution in [0.25, 0.3) is 0 Å². The van der Waals surface area contributed by atoms with E-state index in [1.807, 2.05) is 0 Å². The van der Waals surface area contributed by atoms with Crippen molar-refractivity contribution in [3.05, 3.63) is 0 Å². The van der Waals surface area contributed by atoms with Crippen molar-refractivity contribution in [2.45, 2.75) is 25.7 Å². The van der Waals surface area contributed by atoms with Crippen molar-refractivity contribution in [2.24, 2.45) is 11.3 Å². The van der Waals surface area contributed by atoms with E-state index in [1.54, 1.807) is 7.11 Å². The van der Waals surface area contributed by atoms with E-state index in [4.69, 9.17) is 4.74 Å². The van der Waals surface area contributed by atoms with Crippen LogP contribution >= 0.6 is 0 Å². The lowest BCUT2D eigenvalue weighted by Gasteiger charge is -2.15. The van der Waals surface area contributed by atoms with Crippen LogP contribution in [-0.4, -0.2) is 39.9 Å². The van der Waals surface area contributed by atoms with Crippen molar-refractivity contribution in [1.29, 1.82) is 0 Å². The first kappa shape index (κ1) is 11.4. The Morgan fingerprint density at radius 2 is 1.87 bits per heavy atom. The average Bonchev–Trinajstić information content (AvgIpc) is 3.08. The van der Waals surface area contributed by atoms with Crippen molar-refractivity contribution < 1.29 is 4.74 Å². The predicted octanol–water partition coefficient (Wildman–Crippen LogP) is 1.00. The average molecular weight is 212 g/mol. The second-order valence-electron chi connectivity index (χ2n) is 5.06. The zero-order chi connectivity index (χ0) is 10.6. The Morgan fingerprint density at radius 1 is 1.13 bits per heavy atom. The molecule has 0 atom stereocenters. The number of rotatable bonds is 9. The zero-order valence-corrected chi connectivity index (χ0v) is 9.85. The van der Waals surface area contributed by atoms with Crippen LogP contribution in [0.1, 0.15) is 25.7 Å². The molecular weight excluding hydrogens is 188 g/mol. The molecule has 2 fully saturated rings. The molecule has 3 nitrogen and oxygen atoms in total. The topological polar surface area (TPSA) is 33.3 Å². The number of hydrogen-bond donors (Lipinski definition) is 2. The molecule has 0 unspecified atom stereocenters. The quantitative estimate of drug-likeness (QED) is 0.560. The van der Waals surface area contributed by atoms with Crippen molar-refractivity contribution in [2.75, 3.05) is 39.9 Å². The van der Waals surface area contributed by atoms with E-state index in [1.165, 1.54) is 32.2 Å². The third-order valence-corrected chi connectivity index (χ3v) is 3.77. The summed E-state index contributed by atoms with van der Waals surface area (Å²) in [6.07, 6.45) is 5.94. The van der Waals surface area contributed by atoms with E-state index in [0.717, 1.165) is 37.6 Å². The molecular formula is C12H24N2O. The Labute approximate surface area is 93.0 Å². The molecule has 2 rings (SSSR count). The summed E-state index contributed by atoms with van der Waals surface area (Å²) in [4.78, 5) is 0. The molecule has 88 valence electrons. The van der Waals surface area contributed by atoms with Gasteiger partial charge in [0.05, 0.1) is 6.61 Å². The van der Waals surface area contributed by atoms with Gasteiger partial charge in [-0.05, 0) is 37.0 Å². The Morgan fingerprint density at radius 3 is 2.47 bits per heavy atom. The van der Waals surface area contributed by atoms with Crippen LogP contribution in [0, 0.1) is 11.3 Å². The summed E-state index contributed by atoms with van der Waals surface area (Å²) >= 11 is 0. The smallest absolute Gasteiger partial charge is 0.0587 e. The molecule has 0 aromatic carbocycles. The van der Waals surface area contributed by atoms with Gasteiger partial charge in [-0.1, -0.05) is 0 Å². The summed E-state index contributed by atoms with van der Waals surface area (Å²) in [5.74, 6) is 1.08. The Balaban J connectivity index is 1.42. The van der Waals surface area contributed by atoms with Crippen molar-refractivity contribution in [3.63, 3.8) is 0 Å². The van der Waals surface area contributed by atoms with E-state index in [9.17, 15) is 0 Å². The highest BCUT2D eigenvalue weighted by Crippen LogP contribution is 2.60. The molecule has 2 N–H and O–H groups in total. The van der Waals surface area contributed by atoms with Gasteiger partial charge in [0.25, 0.3) is 0 Å². The minimum Gasteiger partial charge on any atom is -0.383 e. The first-order valence-electron chi connectivity index (χ1n) is 6.28. The molecule has 0 aliphatic heterocycles. The molecule has 0 aromatic heterocycles. The highest BCUT2D eigenvalue weighted by Gasteiger charge is 2.52. The van der Waals surface area contributed by atoms with Gasteiger partial charge >= 0.3 is 0 Å². The van der Waals surface area contributed by atoms with Crippen molar-refractivity contribution in [3.8, 4) is 0 Å². The van der Waals surface area contributed by atoms with Crippen molar-refractivity contribution in [1.82, 2.24) is 10.6 Å². The van der Waals surface area contributed by atoms with Gasteiger partial charge in [-0.25, -0.2) is 0 Å². The zero-order valence-electron chi connectivity index (χ0n) is 9.85. The highest BCUT2D eigenvalue weighted by atomic mass is 16.5. The summed E-state index contributed by atoms with van der Waals surface area (Å²) < 4.78 is 4.97. The van der Waals surface area contributed by atoms with Gasteiger partial charge in [0, 0.05) is 33.3 Å². The largest absolute Gasteiger partial charge is 0.383 e. The molecule has 2 aliphatic rings. The Hall–Kier alpha value is -0.120. The van der Waals surface area contributed by atoms with E-state index in [-0.39, 0.29) is 0 Å². The van der Waals surface area contributed by atoms with Gasteiger partial charge in [-0.15, -0.1) is 0 Å². The van der Waals surface area contributed by atoms with Crippen molar-refractivity contribution >= 4 is 0 Å². The fourth-order valence-corrected chi connectivity index (χ4v) is 2.40. The van der Waals surface area contributed by atoms with Crippen LogP contribution < -0.4 is 10.6 Å². The maximum Gasteiger partial charge on any atom is 0.0587 e. The van der Waals surface area contributed by atoms with Crippen LogP contribution in [0.2, 0.25) is 0 Å². The van der Waals surface area contributed by atoms with E-state index < -0.39 is 0 Å². The first-order chi connectivity index (χ1) is 7.37. The minimum atomic E-state index is 0.743. The van der Waals surface area contributed by atoms with E-state index in [0.29, 0.717) is 0 Å². The lowest BCUT2D eigenvalue weighted by atomic mass is 10.0. The van der Waals surface area contributed by atoms with Gasteiger partial charge < -0.3 is 15.4 Å². The third-order valence-electron chi connectivity index (χ3n) is 3.77. The predicted molar refractivity (Wildman–Crippen MR) is 62.0 cm³/mol. The summed E-state index contributed by atoms with van der Waals surface area (Å²) in [7, 11) is 1.74. The summed E-state index contributed by atoms with van der Waals surface area (Å²) in [5, 5.41) is 6.93. The number of methoxy groups -OCH3 is 1. The number of ether oxygens (including phenoxy) is 1. The Kier molecular flexibility index (Phi) is 4.00. The first-order valence-corrected chi connectivity index (χ1v) is 6.28. The molecule has 0 saturated heterocycles. The fraction of sp³-hybridized carbons (Fsp3) is 1.00. The molecule has 0 amide bonds. The molecule has 2 saturated carbocycles. The maximum atomic E-state index is 4.97. The number of nitrogens with one attached hydrogen (secondary N) is 2. The highest BCUT2D eigenvalue weighted by molar-refractivity contribution is 5.04. The standard InChI is InChI=1S/C12H24N2O/c1-15-9-8-13-6-7-14-10-12(4-5-12)11-2-3-11/h11,13-14H,2-10H2,1H3. The molecule has 0 radical (unpaired) electrons. The lowest BCUT2D eigenvalue weighted by molar-refractivity contribution is 0.199. The molecule has 0 aromatic rings. The van der Waals surface area contributed by atoms with Gasteiger partial charge in [-0.3, -0.25) is 0 Å². The molecule has 0 heterocycles. The Bertz CT molecular complexity index is 188. The monoisotopic (exact) mass is 212 g/mol. The van der Waals surface area contributed by atoms with Crippen LogP contribution in [0.3, 0.4) is 0 Å². The molecule has 2 aliphatic carbocycles. The second-order valence-corrected chi connectivity index (χ2v) is 5.06. The maximum absolute atomic E-state index is 4.97. The fourth-order valence-electron chi connectivity index (χ4n) is 2.40. The third kappa shape index (κ3) is 3.44. The van der Waals surface area contributed by atoms with Crippen LogP contribution in [0.15, 0.2) is 0 Å².